The van der Waals surface area contributed by atoms with E-state index in [1.165, 1.54) is 5.56 Å². The Morgan fingerprint density at radius 2 is 1.90 bits per heavy atom. The van der Waals surface area contributed by atoms with E-state index in [2.05, 4.69) is 69.7 Å². The average molecular weight is 356 g/mol. The highest BCUT2D eigenvalue weighted by Crippen LogP contribution is 2.23. The minimum absolute atomic E-state index is 0.0326. The quantitative estimate of drug-likeness (QED) is 0.449. The summed E-state index contributed by atoms with van der Waals surface area (Å²) in [5.74, 6) is 0.830. The number of aliphatic imine (C=N–C) groups is 1. The standard InChI is InChI=1S/C16H26BrN3O/c1-16(2,13-6-8-14(17)9-7-13)12-20-15(18-3)19-10-5-11-21-4/h6-9H,5,10-12H2,1-4H3,(H2,18,19,20). The maximum absolute atomic E-state index is 5.03. The van der Waals surface area contributed by atoms with Gasteiger partial charge in [-0.15, -0.1) is 0 Å². The van der Waals surface area contributed by atoms with Crippen LogP contribution in [0.1, 0.15) is 25.8 Å². The van der Waals surface area contributed by atoms with Crippen LogP contribution in [0.2, 0.25) is 0 Å². The smallest absolute Gasteiger partial charge is 0.191 e. The molecule has 1 rings (SSSR count). The van der Waals surface area contributed by atoms with E-state index in [4.69, 9.17) is 4.74 Å². The number of rotatable bonds is 7. The SMILES string of the molecule is CN=C(NCCCOC)NCC(C)(C)c1ccc(Br)cc1. The zero-order valence-electron chi connectivity index (χ0n) is 13.4. The lowest BCUT2D eigenvalue weighted by Gasteiger charge is -2.27. The van der Waals surface area contributed by atoms with Crippen LogP contribution in [0.5, 0.6) is 0 Å². The summed E-state index contributed by atoms with van der Waals surface area (Å²) in [4.78, 5) is 4.24. The van der Waals surface area contributed by atoms with E-state index in [1.54, 1.807) is 14.2 Å². The van der Waals surface area contributed by atoms with Gasteiger partial charge in [-0.2, -0.15) is 0 Å². The van der Waals surface area contributed by atoms with Crippen LogP contribution < -0.4 is 10.6 Å². The summed E-state index contributed by atoms with van der Waals surface area (Å²) in [5.41, 5.74) is 1.33. The summed E-state index contributed by atoms with van der Waals surface area (Å²) >= 11 is 3.47. The van der Waals surface area contributed by atoms with Crippen molar-refractivity contribution in [2.45, 2.75) is 25.7 Å². The molecule has 1 aromatic carbocycles. The normalized spacial score (nSPS) is 12.3. The summed E-state index contributed by atoms with van der Waals surface area (Å²) < 4.78 is 6.14. The molecule has 0 aliphatic heterocycles. The Morgan fingerprint density at radius 3 is 2.48 bits per heavy atom. The summed E-state index contributed by atoms with van der Waals surface area (Å²) in [6.45, 7) is 6.88. The molecule has 0 atom stereocenters. The minimum atomic E-state index is 0.0326. The Hall–Kier alpha value is -1.07. The third kappa shape index (κ3) is 6.48. The van der Waals surface area contributed by atoms with Crippen LogP contribution in [-0.4, -0.2) is 39.8 Å². The Balaban J connectivity index is 2.49. The van der Waals surface area contributed by atoms with Crippen molar-refractivity contribution >= 4 is 21.9 Å². The highest BCUT2D eigenvalue weighted by atomic mass is 79.9. The van der Waals surface area contributed by atoms with Crippen LogP contribution in [0, 0.1) is 0 Å². The van der Waals surface area contributed by atoms with E-state index in [-0.39, 0.29) is 5.41 Å². The molecule has 4 nitrogen and oxygen atoms in total. The number of hydrogen-bond donors (Lipinski definition) is 2. The van der Waals surface area contributed by atoms with Gasteiger partial charge in [0.1, 0.15) is 0 Å². The summed E-state index contributed by atoms with van der Waals surface area (Å²) in [7, 11) is 3.51. The first-order chi connectivity index (χ1) is 9.99. The summed E-state index contributed by atoms with van der Waals surface area (Å²) in [6, 6.07) is 8.46. The molecule has 0 aliphatic carbocycles. The van der Waals surface area contributed by atoms with E-state index in [0.29, 0.717) is 0 Å². The van der Waals surface area contributed by atoms with Crippen molar-refractivity contribution in [3.05, 3.63) is 34.3 Å². The Kier molecular flexibility index (Phi) is 7.75. The number of ether oxygens (including phenoxy) is 1. The number of hydrogen-bond acceptors (Lipinski definition) is 2. The van der Waals surface area contributed by atoms with Gasteiger partial charge in [-0.05, 0) is 24.1 Å². The molecular formula is C16H26BrN3O. The third-order valence-corrected chi connectivity index (χ3v) is 3.89. The number of nitrogens with zero attached hydrogens (tertiary/aromatic N) is 1. The van der Waals surface area contributed by atoms with Gasteiger partial charge >= 0.3 is 0 Å². The molecule has 5 heteroatoms. The largest absolute Gasteiger partial charge is 0.385 e. The maximum atomic E-state index is 5.03. The molecular weight excluding hydrogens is 330 g/mol. The van der Waals surface area contributed by atoms with Crippen LogP contribution in [-0.2, 0) is 10.2 Å². The molecule has 21 heavy (non-hydrogen) atoms. The van der Waals surface area contributed by atoms with Crippen LogP contribution in [0.15, 0.2) is 33.7 Å². The van der Waals surface area contributed by atoms with Crippen molar-refractivity contribution in [2.24, 2.45) is 4.99 Å². The van der Waals surface area contributed by atoms with Gasteiger partial charge in [0.15, 0.2) is 5.96 Å². The van der Waals surface area contributed by atoms with Gasteiger partial charge in [0.25, 0.3) is 0 Å². The predicted octanol–water partition coefficient (Wildman–Crippen LogP) is 2.93. The molecule has 0 aliphatic rings. The molecule has 1 aromatic rings. The second-order valence-electron chi connectivity index (χ2n) is 5.59. The maximum Gasteiger partial charge on any atom is 0.191 e. The zero-order chi connectivity index (χ0) is 15.7. The summed E-state index contributed by atoms with van der Waals surface area (Å²) in [5, 5.41) is 6.67. The molecule has 2 N–H and O–H groups in total. The second-order valence-corrected chi connectivity index (χ2v) is 6.51. The van der Waals surface area contributed by atoms with Gasteiger partial charge < -0.3 is 15.4 Å². The van der Waals surface area contributed by atoms with Crippen molar-refractivity contribution in [3.8, 4) is 0 Å². The van der Waals surface area contributed by atoms with E-state index >= 15 is 0 Å². The van der Waals surface area contributed by atoms with Crippen LogP contribution in [0.3, 0.4) is 0 Å². The van der Waals surface area contributed by atoms with Gasteiger partial charge in [-0.25, -0.2) is 0 Å². The molecule has 0 saturated carbocycles. The van der Waals surface area contributed by atoms with E-state index in [1.807, 2.05) is 0 Å². The van der Waals surface area contributed by atoms with Gasteiger partial charge in [0.2, 0.25) is 0 Å². The lowest BCUT2D eigenvalue weighted by atomic mass is 9.85. The average Bonchev–Trinajstić information content (AvgIpc) is 2.47. The topological polar surface area (TPSA) is 45.7 Å². The lowest BCUT2D eigenvalue weighted by molar-refractivity contribution is 0.195. The molecule has 0 fully saturated rings. The van der Waals surface area contributed by atoms with Crippen LogP contribution in [0.25, 0.3) is 0 Å². The minimum Gasteiger partial charge on any atom is -0.385 e. The highest BCUT2D eigenvalue weighted by Gasteiger charge is 2.20. The van der Waals surface area contributed by atoms with Gasteiger partial charge in [-0.3, -0.25) is 4.99 Å². The molecule has 0 saturated heterocycles. The zero-order valence-corrected chi connectivity index (χ0v) is 15.0. The first-order valence-corrected chi connectivity index (χ1v) is 7.98. The Labute approximate surface area is 136 Å². The monoisotopic (exact) mass is 355 g/mol. The van der Waals surface area contributed by atoms with Gasteiger partial charge in [0, 0.05) is 43.7 Å². The molecule has 0 radical (unpaired) electrons. The van der Waals surface area contributed by atoms with Gasteiger partial charge in [-0.1, -0.05) is 41.9 Å². The number of halogens is 1. The predicted molar refractivity (Wildman–Crippen MR) is 93.0 cm³/mol. The molecule has 0 heterocycles. The second kappa shape index (κ2) is 9.05. The third-order valence-electron chi connectivity index (χ3n) is 3.36. The molecule has 0 aromatic heterocycles. The fourth-order valence-corrected chi connectivity index (χ4v) is 2.22. The number of methoxy groups -OCH3 is 1. The fraction of sp³-hybridized carbons (Fsp3) is 0.562. The lowest BCUT2D eigenvalue weighted by Crippen LogP contribution is -2.43. The van der Waals surface area contributed by atoms with Crippen LogP contribution in [0.4, 0.5) is 0 Å². The molecule has 0 bridgehead atoms. The molecule has 0 spiro atoms. The Bertz CT molecular complexity index is 443. The van der Waals surface area contributed by atoms with Gasteiger partial charge in [0.05, 0.1) is 0 Å². The van der Waals surface area contributed by atoms with E-state index in [0.717, 1.165) is 36.5 Å². The van der Waals surface area contributed by atoms with Crippen molar-refractivity contribution in [1.82, 2.24) is 10.6 Å². The highest BCUT2D eigenvalue weighted by molar-refractivity contribution is 9.10. The van der Waals surface area contributed by atoms with Crippen molar-refractivity contribution in [1.29, 1.82) is 0 Å². The van der Waals surface area contributed by atoms with E-state index < -0.39 is 0 Å². The first kappa shape index (κ1) is 18.0. The Morgan fingerprint density at radius 1 is 1.24 bits per heavy atom. The van der Waals surface area contributed by atoms with Crippen molar-refractivity contribution < 1.29 is 4.74 Å². The number of guanidine groups is 1. The number of nitrogens with one attached hydrogen (secondary N) is 2. The molecule has 0 amide bonds. The van der Waals surface area contributed by atoms with Crippen molar-refractivity contribution in [2.75, 3.05) is 33.9 Å². The molecule has 0 unspecified atom stereocenters. The van der Waals surface area contributed by atoms with Crippen LogP contribution >= 0.6 is 15.9 Å². The fourth-order valence-electron chi connectivity index (χ4n) is 1.95. The molecule has 118 valence electrons. The van der Waals surface area contributed by atoms with E-state index in [9.17, 15) is 0 Å². The first-order valence-electron chi connectivity index (χ1n) is 7.19. The summed E-state index contributed by atoms with van der Waals surface area (Å²) in [6.07, 6.45) is 0.966. The number of benzene rings is 1. The van der Waals surface area contributed by atoms with Crippen molar-refractivity contribution in [3.63, 3.8) is 0 Å².